The minimum atomic E-state index is 0.0420. The van der Waals surface area contributed by atoms with Crippen LogP contribution < -0.4 is 5.32 Å². The van der Waals surface area contributed by atoms with Gasteiger partial charge in [0.15, 0.2) is 0 Å². The zero-order valence-electron chi connectivity index (χ0n) is 10.6. The van der Waals surface area contributed by atoms with E-state index < -0.39 is 0 Å². The van der Waals surface area contributed by atoms with Gasteiger partial charge < -0.3 is 10.4 Å². The van der Waals surface area contributed by atoms with Gasteiger partial charge in [0.2, 0.25) is 5.91 Å². The number of nitrogens with one attached hydrogen (secondary N) is 1. The van der Waals surface area contributed by atoms with E-state index in [4.69, 9.17) is 5.11 Å². The van der Waals surface area contributed by atoms with Crippen LogP contribution in [-0.2, 0) is 11.2 Å². The van der Waals surface area contributed by atoms with Crippen molar-refractivity contribution in [2.24, 2.45) is 5.92 Å². The number of hydrogen-bond acceptors (Lipinski definition) is 2. The van der Waals surface area contributed by atoms with Crippen molar-refractivity contribution >= 4 is 5.91 Å². The van der Waals surface area contributed by atoms with E-state index in [1.807, 2.05) is 38.1 Å². The highest BCUT2D eigenvalue weighted by Crippen LogP contribution is 2.05. The lowest BCUT2D eigenvalue weighted by atomic mass is 10.1. The molecule has 1 amide bonds. The molecule has 0 saturated heterocycles. The molecule has 1 rings (SSSR count). The normalized spacial score (nSPS) is 12.2. The van der Waals surface area contributed by atoms with Crippen LogP contribution in [0.4, 0.5) is 0 Å². The van der Waals surface area contributed by atoms with Crippen molar-refractivity contribution in [1.82, 2.24) is 5.32 Å². The van der Waals surface area contributed by atoms with Crippen molar-refractivity contribution < 1.29 is 9.90 Å². The molecule has 1 unspecified atom stereocenters. The molecule has 2 N–H and O–H groups in total. The Bertz CT molecular complexity index is 363. The predicted octanol–water partition coefficient (Wildman–Crippen LogP) is 1.67. The molecule has 0 spiro atoms. The van der Waals surface area contributed by atoms with Gasteiger partial charge in [-0.05, 0) is 24.8 Å². The van der Waals surface area contributed by atoms with Crippen LogP contribution in [0.2, 0.25) is 0 Å². The summed E-state index contributed by atoms with van der Waals surface area (Å²) in [6, 6.07) is 7.97. The maximum atomic E-state index is 11.7. The lowest BCUT2D eigenvalue weighted by molar-refractivity contribution is -0.120. The van der Waals surface area contributed by atoms with Gasteiger partial charge in [0, 0.05) is 13.2 Å². The van der Waals surface area contributed by atoms with E-state index in [0.29, 0.717) is 18.9 Å². The standard InChI is InChI=1S/C14H21NO2/c1-11-4-3-5-13(8-11)9-14(17)15-10-12(2)6-7-16/h3-5,8,12,16H,6-7,9-10H2,1-2H3,(H,15,17). The van der Waals surface area contributed by atoms with Gasteiger partial charge in [0.05, 0.1) is 6.42 Å². The molecule has 94 valence electrons. The summed E-state index contributed by atoms with van der Waals surface area (Å²) in [4.78, 5) is 11.7. The molecule has 0 saturated carbocycles. The molecule has 1 aromatic rings. The van der Waals surface area contributed by atoms with Crippen molar-refractivity contribution in [2.75, 3.05) is 13.2 Å². The van der Waals surface area contributed by atoms with Crippen LogP contribution in [0.3, 0.4) is 0 Å². The number of carbonyl (C=O) groups is 1. The van der Waals surface area contributed by atoms with Gasteiger partial charge in [0.25, 0.3) is 0 Å². The predicted molar refractivity (Wildman–Crippen MR) is 68.8 cm³/mol. The van der Waals surface area contributed by atoms with Crippen molar-refractivity contribution in [1.29, 1.82) is 0 Å². The first-order valence-corrected chi connectivity index (χ1v) is 6.05. The highest BCUT2D eigenvalue weighted by atomic mass is 16.3. The van der Waals surface area contributed by atoms with E-state index >= 15 is 0 Å². The average molecular weight is 235 g/mol. The molecule has 3 nitrogen and oxygen atoms in total. The molecule has 0 aliphatic heterocycles. The number of hydrogen-bond donors (Lipinski definition) is 2. The third-order valence-electron chi connectivity index (χ3n) is 2.72. The Balaban J connectivity index is 2.34. The number of carbonyl (C=O) groups excluding carboxylic acids is 1. The Kier molecular flexibility index (Phi) is 5.70. The second-order valence-electron chi connectivity index (χ2n) is 4.59. The largest absolute Gasteiger partial charge is 0.396 e. The first-order chi connectivity index (χ1) is 8.11. The molecular weight excluding hydrogens is 214 g/mol. The topological polar surface area (TPSA) is 49.3 Å². The Morgan fingerprint density at radius 2 is 2.24 bits per heavy atom. The second kappa shape index (κ2) is 7.07. The number of aryl methyl sites for hydroxylation is 1. The van der Waals surface area contributed by atoms with E-state index in [-0.39, 0.29) is 12.5 Å². The highest BCUT2D eigenvalue weighted by Gasteiger charge is 2.06. The van der Waals surface area contributed by atoms with Gasteiger partial charge in [-0.2, -0.15) is 0 Å². The van der Waals surface area contributed by atoms with Crippen LogP contribution in [0.25, 0.3) is 0 Å². The van der Waals surface area contributed by atoms with E-state index in [1.165, 1.54) is 5.56 Å². The lowest BCUT2D eigenvalue weighted by Crippen LogP contribution is -2.29. The van der Waals surface area contributed by atoms with E-state index in [0.717, 1.165) is 12.0 Å². The molecule has 0 aliphatic rings. The highest BCUT2D eigenvalue weighted by molar-refractivity contribution is 5.78. The Labute approximate surface area is 103 Å². The Morgan fingerprint density at radius 3 is 2.88 bits per heavy atom. The molecule has 3 heteroatoms. The fraction of sp³-hybridized carbons (Fsp3) is 0.500. The molecule has 0 bridgehead atoms. The monoisotopic (exact) mass is 235 g/mol. The Hall–Kier alpha value is -1.35. The molecule has 0 aromatic heterocycles. The summed E-state index contributed by atoms with van der Waals surface area (Å²) in [5, 5.41) is 11.6. The Morgan fingerprint density at radius 1 is 1.47 bits per heavy atom. The minimum absolute atomic E-state index is 0.0420. The number of rotatable bonds is 6. The molecule has 0 aliphatic carbocycles. The minimum Gasteiger partial charge on any atom is -0.396 e. The van der Waals surface area contributed by atoms with Crippen LogP contribution in [-0.4, -0.2) is 24.2 Å². The summed E-state index contributed by atoms with van der Waals surface area (Å²) in [5.41, 5.74) is 2.21. The summed E-state index contributed by atoms with van der Waals surface area (Å²) >= 11 is 0. The second-order valence-corrected chi connectivity index (χ2v) is 4.59. The summed E-state index contributed by atoms with van der Waals surface area (Å²) in [5.74, 6) is 0.363. The maximum absolute atomic E-state index is 11.7. The molecule has 0 fully saturated rings. The summed E-state index contributed by atoms with van der Waals surface area (Å²) in [7, 11) is 0. The van der Waals surface area contributed by atoms with Gasteiger partial charge in [-0.15, -0.1) is 0 Å². The molecule has 1 atom stereocenters. The van der Waals surface area contributed by atoms with Gasteiger partial charge in [-0.3, -0.25) is 4.79 Å². The third kappa shape index (κ3) is 5.50. The molecular formula is C14H21NO2. The number of aliphatic hydroxyl groups is 1. The van der Waals surface area contributed by atoms with Crippen LogP contribution in [0, 0.1) is 12.8 Å². The van der Waals surface area contributed by atoms with Gasteiger partial charge in [0.1, 0.15) is 0 Å². The fourth-order valence-electron chi connectivity index (χ4n) is 1.68. The van der Waals surface area contributed by atoms with Crippen molar-refractivity contribution in [3.8, 4) is 0 Å². The molecule has 17 heavy (non-hydrogen) atoms. The average Bonchev–Trinajstić information content (AvgIpc) is 2.27. The van der Waals surface area contributed by atoms with Gasteiger partial charge in [-0.25, -0.2) is 0 Å². The fourth-order valence-corrected chi connectivity index (χ4v) is 1.68. The zero-order chi connectivity index (χ0) is 12.7. The first-order valence-electron chi connectivity index (χ1n) is 6.05. The van der Waals surface area contributed by atoms with Crippen molar-refractivity contribution in [2.45, 2.75) is 26.7 Å². The first kappa shape index (κ1) is 13.7. The summed E-state index contributed by atoms with van der Waals surface area (Å²) in [6.45, 7) is 4.84. The number of aliphatic hydroxyl groups excluding tert-OH is 1. The quantitative estimate of drug-likeness (QED) is 0.788. The lowest BCUT2D eigenvalue weighted by Gasteiger charge is -2.11. The smallest absolute Gasteiger partial charge is 0.224 e. The van der Waals surface area contributed by atoms with Crippen LogP contribution in [0.1, 0.15) is 24.5 Å². The summed E-state index contributed by atoms with van der Waals surface area (Å²) < 4.78 is 0. The van der Waals surface area contributed by atoms with E-state index in [9.17, 15) is 4.79 Å². The third-order valence-corrected chi connectivity index (χ3v) is 2.72. The number of benzene rings is 1. The van der Waals surface area contributed by atoms with E-state index in [2.05, 4.69) is 5.32 Å². The van der Waals surface area contributed by atoms with Crippen LogP contribution in [0.15, 0.2) is 24.3 Å². The van der Waals surface area contributed by atoms with Crippen molar-refractivity contribution in [3.63, 3.8) is 0 Å². The van der Waals surface area contributed by atoms with Crippen LogP contribution >= 0.6 is 0 Å². The van der Waals surface area contributed by atoms with Gasteiger partial charge >= 0.3 is 0 Å². The zero-order valence-corrected chi connectivity index (χ0v) is 10.6. The van der Waals surface area contributed by atoms with E-state index in [1.54, 1.807) is 0 Å². The maximum Gasteiger partial charge on any atom is 0.224 e. The molecule has 1 aromatic carbocycles. The SMILES string of the molecule is Cc1cccc(CC(=O)NCC(C)CCO)c1. The molecule has 0 heterocycles. The van der Waals surface area contributed by atoms with Gasteiger partial charge in [-0.1, -0.05) is 36.8 Å². The number of amides is 1. The molecule has 0 radical (unpaired) electrons. The summed E-state index contributed by atoms with van der Waals surface area (Å²) in [6.07, 6.45) is 1.15. The van der Waals surface area contributed by atoms with Crippen molar-refractivity contribution in [3.05, 3.63) is 35.4 Å². The van der Waals surface area contributed by atoms with Crippen LogP contribution in [0.5, 0.6) is 0 Å².